The number of nitrogens with one attached hydrogen (secondary N) is 4. The van der Waals surface area contributed by atoms with Crippen LogP contribution < -0.4 is 11.1 Å². The first-order chi connectivity index (χ1) is 10.1. The third-order valence-electron chi connectivity index (χ3n) is 2.60. The van der Waals surface area contributed by atoms with Crippen LogP contribution in [0.5, 0.6) is 0 Å². The topological polar surface area (TPSA) is 132 Å². The van der Waals surface area contributed by atoms with Crippen molar-refractivity contribution in [3.05, 3.63) is 53.9 Å². The predicted octanol–water partition coefficient (Wildman–Crippen LogP) is 2.05. The molecule has 1 heterocycles. The number of pyridine rings is 1. The minimum Gasteiger partial charge on any atom is -0.405 e. The first-order valence-electron chi connectivity index (χ1n) is 6.03. The highest BCUT2D eigenvalue weighted by Gasteiger charge is 2.08. The molecule has 106 valence electrons. The van der Waals surface area contributed by atoms with E-state index in [2.05, 4.69) is 10.3 Å². The largest absolute Gasteiger partial charge is 0.405 e. The van der Waals surface area contributed by atoms with Gasteiger partial charge in [-0.05, 0) is 30.3 Å². The van der Waals surface area contributed by atoms with E-state index < -0.39 is 0 Å². The van der Waals surface area contributed by atoms with Crippen LogP contribution in [-0.2, 0) is 4.74 Å². The first-order valence-corrected chi connectivity index (χ1v) is 6.03. The van der Waals surface area contributed by atoms with E-state index in [4.69, 9.17) is 26.7 Å². The number of benzene rings is 1. The third kappa shape index (κ3) is 3.63. The highest BCUT2D eigenvalue weighted by molar-refractivity contribution is 6.01. The molecule has 0 unspecified atom stereocenters. The van der Waals surface area contributed by atoms with Crippen LogP contribution in [0.15, 0.2) is 42.6 Å². The summed E-state index contributed by atoms with van der Waals surface area (Å²) in [5, 5.41) is 25.3. The molecule has 7 heteroatoms. The Morgan fingerprint density at radius 1 is 1.24 bits per heavy atom. The molecule has 0 fully saturated rings. The molecule has 21 heavy (non-hydrogen) atoms. The molecule has 0 spiro atoms. The molecule has 2 rings (SSSR count). The van der Waals surface area contributed by atoms with Gasteiger partial charge in [-0.25, -0.2) is 0 Å². The average Bonchev–Trinajstić information content (AvgIpc) is 2.50. The summed E-state index contributed by atoms with van der Waals surface area (Å²) in [6.07, 6.45) is 2.67. The van der Waals surface area contributed by atoms with E-state index in [0.29, 0.717) is 22.6 Å². The highest BCUT2D eigenvalue weighted by atomic mass is 16.5. The van der Waals surface area contributed by atoms with Crippen molar-refractivity contribution < 1.29 is 4.74 Å². The van der Waals surface area contributed by atoms with Gasteiger partial charge in [0.2, 0.25) is 5.90 Å². The van der Waals surface area contributed by atoms with E-state index in [1.54, 1.807) is 42.6 Å². The Morgan fingerprint density at radius 3 is 2.71 bits per heavy atom. The molecule has 2 aromatic rings. The van der Waals surface area contributed by atoms with Crippen LogP contribution in [0.1, 0.15) is 11.3 Å². The number of rotatable bonds is 3. The fraction of sp³-hybridized carbons (Fsp3) is 0. The number of nitrogens with two attached hydrogens (primary N) is 1. The van der Waals surface area contributed by atoms with Gasteiger partial charge in [-0.15, -0.1) is 0 Å². The number of nitrogens with zero attached hydrogens (tertiary/aromatic N) is 1. The SMILES string of the molecule is N=Cc1cc(NC(=N)OC(=N)c2ccccn2)ccc1N. The highest BCUT2D eigenvalue weighted by Crippen LogP contribution is 2.16. The standard InChI is InChI=1S/C14H14N6O/c15-8-9-7-10(4-5-11(9)16)20-14(18)21-13(17)12-3-1-2-6-19-12/h1-8,15,17H,16H2,(H2,18,20). The van der Waals surface area contributed by atoms with Crippen molar-refractivity contribution in [3.63, 3.8) is 0 Å². The second-order valence-electron chi connectivity index (χ2n) is 4.09. The van der Waals surface area contributed by atoms with Gasteiger partial charge in [-0.3, -0.25) is 15.8 Å². The normalized spacial score (nSPS) is 9.71. The lowest BCUT2D eigenvalue weighted by Crippen LogP contribution is -2.20. The van der Waals surface area contributed by atoms with E-state index in [-0.39, 0.29) is 11.9 Å². The second-order valence-corrected chi connectivity index (χ2v) is 4.09. The maximum atomic E-state index is 7.72. The molecule has 0 aliphatic carbocycles. The third-order valence-corrected chi connectivity index (χ3v) is 2.60. The fourth-order valence-corrected chi connectivity index (χ4v) is 1.59. The smallest absolute Gasteiger partial charge is 0.293 e. The summed E-state index contributed by atoms with van der Waals surface area (Å²) in [5.74, 6) is -0.226. The van der Waals surface area contributed by atoms with Crippen molar-refractivity contribution in [1.29, 1.82) is 16.2 Å². The lowest BCUT2D eigenvalue weighted by atomic mass is 10.2. The van der Waals surface area contributed by atoms with Gasteiger partial charge < -0.3 is 21.2 Å². The zero-order chi connectivity index (χ0) is 15.2. The van der Waals surface area contributed by atoms with E-state index in [9.17, 15) is 0 Å². The van der Waals surface area contributed by atoms with Gasteiger partial charge in [-0.1, -0.05) is 6.07 Å². The van der Waals surface area contributed by atoms with Crippen molar-refractivity contribution in [2.24, 2.45) is 0 Å². The van der Waals surface area contributed by atoms with Crippen LogP contribution >= 0.6 is 0 Å². The van der Waals surface area contributed by atoms with Gasteiger partial charge in [0.25, 0.3) is 6.02 Å². The van der Waals surface area contributed by atoms with Gasteiger partial charge in [0.05, 0.1) is 0 Å². The summed E-state index contributed by atoms with van der Waals surface area (Å²) in [5.41, 5.74) is 7.57. The van der Waals surface area contributed by atoms with Gasteiger partial charge in [-0.2, -0.15) is 0 Å². The number of aromatic nitrogens is 1. The van der Waals surface area contributed by atoms with Crippen molar-refractivity contribution in [1.82, 2.24) is 4.98 Å². The summed E-state index contributed by atoms with van der Waals surface area (Å²) in [6.45, 7) is 0. The van der Waals surface area contributed by atoms with Crippen LogP contribution in [0, 0.1) is 16.2 Å². The number of hydrogen-bond donors (Lipinski definition) is 5. The minimum atomic E-state index is -0.314. The Hall–Kier alpha value is -3.22. The number of ether oxygens (including phenoxy) is 1. The molecule has 0 aliphatic rings. The monoisotopic (exact) mass is 282 g/mol. The van der Waals surface area contributed by atoms with Crippen LogP contribution in [0.3, 0.4) is 0 Å². The van der Waals surface area contributed by atoms with Crippen molar-refractivity contribution in [2.45, 2.75) is 0 Å². The fourth-order valence-electron chi connectivity index (χ4n) is 1.59. The van der Waals surface area contributed by atoms with Gasteiger partial charge >= 0.3 is 0 Å². The summed E-state index contributed by atoms with van der Waals surface area (Å²) in [7, 11) is 0. The summed E-state index contributed by atoms with van der Waals surface area (Å²) in [4.78, 5) is 3.96. The minimum absolute atomic E-state index is 0.226. The van der Waals surface area contributed by atoms with Crippen molar-refractivity contribution in [2.75, 3.05) is 11.1 Å². The van der Waals surface area contributed by atoms with Crippen molar-refractivity contribution in [3.8, 4) is 0 Å². The molecule has 0 bridgehead atoms. The van der Waals surface area contributed by atoms with E-state index in [0.717, 1.165) is 6.21 Å². The average molecular weight is 282 g/mol. The Balaban J connectivity index is 2.02. The van der Waals surface area contributed by atoms with Crippen LogP contribution in [0.2, 0.25) is 0 Å². The number of amidine groups is 1. The van der Waals surface area contributed by atoms with Crippen molar-refractivity contribution >= 4 is 29.5 Å². The maximum Gasteiger partial charge on any atom is 0.293 e. The zero-order valence-electron chi connectivity index (χ0n) is 11.1. The molecule has 0 aliphatic heterocycles. The second kappa shape index (κ2) is 6.29. The lowest BCUT2D eigenvalue weighted by Gasteiger charge is -2.10. The molecule has 0 saturated carbocycles. The molecule has 1 aromatic carbocycles. The molecular formula is C14H14N6O. The maximum absolute atomic E-state index is 7.72. The van der Waals surface area contributed by atoms with Gasteiger partial charge in [0, 0.05) is 29.3 Å². The van der Waals surface area contributed by atoms with Gasteiger partial charge in [0.1, 0.15) is 5.69 Å². The Morgan fingerprint density at radius 2 is 2.05 bits per heavy atom. The molecule has 0 radical (unpaired) electrons. The number of anilines is 2. The molecule has 0 atom stereocenters. The zero-order valence-corrected chi connectivity index (χ0v) is 11.1. The molecule has 1 aromatic heterocycles. The molecule has 0 saturated heterocycles. The predicted molar refractivity (Wildman–Crippen MR) is 82.2 cm³/mol. The number of hydrogen-bond acceptors (Lipinski definition) is 6. The molecule has 0 amide bonds. The van der Waals surface area contributed by atoms with Gasteiger partial charge in [0.15, 0.2) is 0 Å². The molecule has 6 N–H and O–H groups in total. The van der Waals surface area contributed by atoms with E-state index >= 15 is 0 Å². The summed E-state index contributed by atoms with van der Waals surface area (Å²) >= 11 is 0. The lowest BCUT2D eigenvalue weighted by molar-refractivity contribution is 0.532. The Labute approximate surface area is 121 Å². The molecular weight excluding hydrogens is 268 g/mol. The Bertz CT molecular complexity index is 683. The van der Waals surface area contributed by atoms with Crippen LogP contribution in [0.4, 0.5) is 11.4 Å². The number of nitrogen functional groups attached to an aromatic ring is 1. The summed E-state index contributed by atoms with van der Waals surface area (Å²) < 4.78 is 5.05. The summed E-state index contributed by atoms with van der Waals surface area (Å²) in [6, 6.07) is 9.66. The molecule has 7 nitrogen and oxygen atoms in total. The van der Waals surface area contributed by atoms with E-state index in [1.165, 1.54) is 0 Å². The Kier molecular flexibility index (Phi) is 4.25. The quantitative estimate of drug-likeness (QED) is 0.335. The van der Waals surface area contributed by atoms with Crippen LogP contribution in [-0.4, -0.2) is 23.1 Å². The van der Waals surface area contributed by atoms with E-state index in [1.807, 2.05) is 0 Å². The van der Waals surface area contributed by atoms with Crippen LogP contribution in [0.25, 0.3) is 0 Å². The first kappa shape index (κ1) is 14.2.